The zero-order chi connectivity index (χ0) is 13.5. The number of oxazole rings is 1. The largest absolute Gasteiger partial charge is 0.443 e. The van der Waals surface area contributed by atoms with E-state index in [1.165, 1.54) is 6.39 Å². The van der Waals surface area contributed by atoms with Gasteiger partial charge in [0, 0.05) is 6.04 Å². The van der Waals surface area contributed by atoms with Gasteiger partial charge in [0.25, 0.3) is 0 Å². The standard InChI is InChI=1S/C14H18N2O3/c1-16(2)13(14(6-17)7-18-8-14)10-3-4-11-12(5-10)19-9-15-11/h3-5,9,13,17H,6-8H2,1-2H3. The molecule has 102 valence electrons. The molecule has 3 rings (SSSR count). The molecule has 1 aliphatic rings. The van der Waals surface area contributed by atoms with Crippen molar-refractivity contribution in [2.45, 2.75) is 6.04 Å². The normalized spacial score (nSPS) is 19.6. The quantitative estimate of drug-likeness (QED) is 0.903. The Kier molecular flexibility index (Phi) is 3.05. The molecule has 5 heteroatoms. The molecule has 2 aromatic rings. The van der Waals surface area contributed by atoms with Crippen molar-refractivity contribution in [3.8, 4) is 0 Å². The Morgan fingerprint density at radius 2 is 2.21 bits per heavy atom. The van der Waals surface area contributed by atoms with Crippen LogP contribution in [0.3, 0.4) is 0 Å². The monoisotopic (exact) mass is 262 g/mol. The molecule has 0 radical (unpaired) electrons. The van der Waals surface area contributed by atoms with Crippen molar-refractivity contribution in [2.75, 3.05) is 33.9 Å². The maximum absolute atomic E-state index is 9.75. The summed E-state index contributed by atoms with van der Waals surface area (Å²) < 4.78 is 10.7. The summed E-state index contributed by atoms with van der Waals surface area (Å²) in [4.78, 5) is 6.25. The van der Waals surface area contributed by atoms with Gasteiger partial charge in [-0.15, -0.1) is 0 Å². The lowest BCUT2D eigenvalue weighted by atomic mass is 9.75. The van der Waals surface area contributed by atoms with Crippen molar-refractivity contribution < 1.29 is 14.3 Å². The smallest absolute Gasteiger partial charge is 0.181 e. The fraction of sp³-hybridized carbons (Fsp3) is 0.500. The lowest BCUT2D eigenvalue weighted by Gasteiger charge is -2.48. The van der Waals surface area contributed by atoms with Crippen LogP contribution in [-0.4, -0.2) is 48.9 Å². The summed E-state index contributed by atoms with van der Waals surface area (Å²) in [7, 11) is 4.04. The van der Waals surface area contributed by atoms with Crippen LogP contribution in [0.25, 0.3) is 11.1 Å². The van der Waals surface area contributed by atoms with E-state index in [-0.39, 0.29) is 18.1 Å². The molecule has 0 saturated carbocycles. The van der Waals surface area contributed by atoms with Crippen LogP contribution in [-0.2, 0) is 4.74 Å². The highest BCUT2D eigenvalue weighted by Gasteiger charge is 2.47. The third kappa shape index (κ3) is 1.94. The number of benzene rings is 1. The highest BCUT2D eigenvalue weighted by molar-refractivity contribution is 5.73. The van der Waals surface area contributed by atoms with Crippen LogP contribution in [0.15, 0.2) is 29.0 Å². The second kappa shape index (κ2) is 4.59. The van der Waals surface area contributed by atoms with Crippen LogP contribution in [0.5, 0.6) is 0 Å². The number of fused-ring (bicyclic) bond motifs is 1. The van der Waals surface area contributed by atoms with E-state index in [2.05, 4.69) is 9.88 Å². The zero-order valence-electron chi connectivity index (χ0n) is 11.2. The first-order chi connectivity index (χ1) is 9.16. The summed E-state index contributed by atoms with van der Waals surface area (Å²) in [6.45, 7) is 1.28. The molecule has 1 fully saturated rings. The van der Waals surface area contributed by atoms with E-state index in [0.29, 0.717) is 13.2 Å². The average molecular weight is 262 g/mol. The van der Waals surface area contributed by atoms with Crippen molar-refractivity contribution >= 4 is 11.1 Å². The topological polar surface area (TPSA) is 58.7 Å². The lowest BCUT2D eigenvalue weighted by Crippen LogP contribution is -2.53. The van der Waals surface area contributed by atoms with Gasteiger partial charge in [0.15, 0.2) is 12.0 Å². The molecule has 2 heterocycles. The maximum Gasteiger partial charge on any atom is 0.181 e. The van der Waals surface area contributed by atoms with Crippen molar-refractivity contribution in [1.82, 2.24) is 9.88 Å². The maximum atomic E-state index is 9.75. The molecule has 1 saturated heterocycles. The summed E-state index contributed by atoms with van der Waals surface area (Å²) >= 11 is 0. The van der Waals surface area contributed by atoms with E-state index in [4.69, 9.17) is 9.15 Å². The molecule has 0 amide bonds. The van der Waals surface area contributed by atoms with Crippen molar-refractivity contribution in [2.24, 2.45) is 5.41 Å². The predicted molar refractivity (Wildman–Crippen MR) is 70.8 cm³/mol. The van der Waals surface area contributed by atoms with Gasteiger partial charge in [-0.05, 0) is 31.8 Å². The minimum Gasteiger partial charge on any atom is -0.443 e. The van der Waals surface area contributed by atoms with Crippen LogP contribution in [0.2, 0.25) is 0 Å². The summed E-state index contributed by atoms with van der Waals surface area (Å²) in [6, 6.07) is 6.10. The third-order valence-corrected chi connectivity index (χ3v) is 3.86. The van der Waals surface area contributed by atoms with Crippen LogP contribution in [0, 0.1) is 5.41 Å². The molecule has 0 bridgehead atoms. The number of rotatable bonds is 4. The molecule has 1 N–H and O–H groups in total. The fourth-order valence-corrected chi connectivity index (χ4v) is 2.94. The highest BCUT2D eigenvalue weighted by Crippen LogP contribution is 2.43. The molecule has 1 aliphatic heterocycles. The summed E-state index contributed by atoms with van der Waals surface area (Å²) in [5.74, 6) is 0. The van der Waals surface area contributed by atoms with Gasteiger partial charge in [0.2, 0.25) is 0 Å². The zero-order valence-corrected chi connectivity index (χ0v) is 11.2. The van der Waals surface area contributed by atoms with Gasteiger partial charge in [0.05, 0.1) is 25.2 Å². The van der Waals surface area contributed by atoms with Crippen molar-refractivity contribution in [3.05, 3.63) is 30.2 Å². The molecular weight excluding hydrogens is 244 g/mol. The number of hydrogen-bond acceptors (Lipinski definition) is 5. The molecule has 1 unspecified atom stereocenters. The van der Waals surface area contributed by atoms with E-state index >= 15 is 0 Å². The number of aliphatic hydroxyl groups excluding tert-OH is 1. The molecule has 19 heavy (non-hydrogen) atoms. The number of hydrogen-bond donors (Lipinski definition) is 1. The predicted octanol–water partition coefficient (Wildman–Crippen LogP) is 1.44. The molecular formula is C14H18N2O3. The van der Waals surface area contributed by atoms with Crippen molar-refractivity contribution in [3.63, 3.8) is 0 Å². The lowest BCUT2D eigenvalue weighted by molar-refractivity contribution is -0.172. The van der Waals surface area contributed by atoms with E-state index < -0.39 is 0 Å². The Balaban J connectivity index is 2.03. The molecule has 5 nitrogen and oxygen atoms in total. The van der Waals surface area contributed by atoms with Gasteiger partial charge in [0.1, 0.15) is 5.52 Å². The SMILES string of the molecule is CN(C)C(c1ccc2ncoc2c1)C1(CO)COC1. The number of aromatic nitrogens is 1. The Morgan fingerprint density at radius 3 is 2.79 bits per heavy atom. The number of nitrogens with zero attached hydrogens (tertiary/aromatic N) is 2. The molecule has 0 spiro atoms. The van der Waals surface area contributed by atoms with Crippen molar-refractivity contribution in [1.29, 1.82) is 0 Å². The fourth-order valence-electron chi connectivity index (χ4n) is 2.94. The second-order valence-corrected chi connectivity index (χ2v) is 5.46. The number of aliphatic hydroxyl groups is 1. The summed E-state index contributed by atoms with van der Waals surface area (Å²) in [6.07, 6.45) is 1.45. The van der Waals surface area contributed by atoms with Gasteiger partial charge >= 0.3 is 0 Å². The first-order valence-corrected chi connectivity index (χ1v) is 6.34. The summed E-state index contributed by atoms with van der Waals surface area (Å²) in [5, 5.41) is 9.75. The first kappa shape index (κ1) is 12.6. The van der Waals surface area contributed by atoms with Gasteiger partial charge in [-0.25, -0.2) is 4.98 Å². The summed E-state index contributed by atoms with van der Waals surface area (Å²) in [5.41, 5.74) is 2.52. The molecule has 0 aliphatic carbocycles. The molecule has 1 aromatic heterocycles. The second-order valence-electron chi connectivity index (χ2n) is 5.46. The van der Waals surface area contributed by atoms with Gasteiger partial charge in [-0.1, -0.05) is 6.07 Å². The average Bonchev–Trinajstić information content (AvgIpc) is 2.80. The van der Waals surface area contributed by atoms with Crippen LogP contribution >= 0.6 is 0 Å². The Morgan fingerprint density at radius 1 is 1.42 bits per heavy atom. The third-order valence-electron chi connectivity index (χ3n) is 3.86. The van der Waals surface area contributed by atoms with E-state index in [1.807, 2.05) is 32.3 Å². The van der Waals surface area contributed by atoms with E-state index in [1.54, 1.807) is 0 Å². The Bertz CT molecular complexity index is 569. The van der Waals surface area contributed by atoms with Crippen LogP contribution in [0.1, 0.15) is 11.6 Å². The van der Waals surface area contributed by atoms with Crippen LogP contribution < -0.4 is 0 Å². The van der Waals surface area contributed by atoms with E-state index in [9.17, 15) is 5.11 Å². The first-order valence-electron chi connectivity index (χ1n) is 6.34. The highest BCUT2D eigenvalue weighted by atomic mass is 16.5. The molecule has 1 aromatic carbocycles. The minimum absolute atomic E-state index is 0.0979. The van der Waals surface area contributed by atoms with E-state index in [0.717, 1.165) is 16.7 Å². The molecule has 1 atom stereocenters. The van der Waals surface area contributed by atoms with Crippen LogP contribution in [0.4, 0.5) is 0 Å². The van der Waals surface area contributed by atoms with Gasteiger partial charge in [-0.3, -0.25) is 0 Å². The Labute approximate surface area is 111 Å². The number of ether oxygens (including phenoxy) is 1. The minimum atomic E-state index is -0.225. The van der Waals surface area contributed by atoms with Gasteiger partial charge < -0.3 is 19.2 Å². The van der Waals surface area contributed by atoms with Gasteiger partial charge in [-0.2, -0.15) is 0 Å². The Hall–Kier alpha value is -1.43.